The Morgan fingerprint density at radius 2 is 2.23 bits per heavy atom. The molecule has 1 aliphatic heterocycles. The zero-order valence-electron chi connectivity index (χ0n) is 8.29. The first-order valence-electron chi connectivity index (χ1n) is 5.10. The molecule has 76 valence electrons. The normalized spacial score (nSPS) is 22.8. The third-order valence-corrected chi connectivity index (χ3v) is 2.28. The average molecular weight is 185 g/mol. The minimum Gasteiger partial charge on any atom is -0.365 e. The third kappa shape index (κ3) is 5.01. The summed E-state index contributed by atoms with van der Waals surface area (Å²) in [6.07, 6.45) is 4.94. The van der Waals surface area contributed by atoms with E-state index in [0.717, 1.165) is 25.7 Å². The van der Waals surface area contributed by atoms with Crippen LogP contribution in [-0.4, -0.2) is 24.5 Å². The minimum atomic E-state index is -0.0477. The second-order valence-corrected chi connectivity index (χ2v) is 3.86. The molecule has 2 N–H and O–H groups in total. The van der Waals surface area contributed by atoms with E-state index in [1.165, 1.54) is 0 Å². The van der Waals surface area contributed by atoms with Gasteiger partial charge in [-0.15, -0.1) is 0 Å². The van der Waals surface area contributed by atoms with Gasteiger partial charge in [0.05, 0.1) is 6.61 Å². The summed E-state index contributed by atoms with van der Waals surface area (Å²) >= 11 is 0. The molecule has 0 saturated carbocycles. The summed E-state index contributed by atoms with van der Waals surface area (Å²) in [6.45, 7) is 2.67. The predicted molar refractivity (Wildman–Crippen MR) is 51.5 cm³/mol. The number of ether oxygens (including phenoxy) is 1. The number of nitrogens with two attached hydrogens (primary N) is 1. The Morgan fingerprint density at radius 3 is 2.77 bits per heavy atom. The summed E-state index contributed by atoms with van der Waals surface area (Å²) in [5.74, 6) is 0.279. The van der Waals surface area contributed by atoms with Gasteiger partial charge in [-0.1, -0.05) is 12.8 Å². The standard InChI is InChI=1S/C10H19NO2/c1-8(11)5-3-2-4-6-9(12)10-7-13-10/h8,10H,2-7,11H2,1H3/t8?,10-/m0/s1. The monoisotopic (exact) mass is 185 g/mol. The van der Waals surface area contributed by atoms with Crippen molar-refractivity contribution in [1.82, 2.24) is 0 Å². The Labute approximate surface area is 79.6 Å². The largest absolute Gasteiger partial charge is 0.365 e. The van der Waals surface area contributed by atoms with Gasteiger partial charge >= 0.3 is 0 Å². The van der Waals surface area contributed by atoms with Gasteiger partial charge in [0.2, 0.25) is 0 Å². The molecule has 3 nitrogen and oxygen atoms in total. The zero-order valence-corrected chi connectivity index (χ0v) is 8.29. The van der Waals surface area contributed by atoms with Crippen LogP contribution in [0.15, 0.2) is 0 Å². The lowest BCUT2D eigenvalue weighted by atomic mass is 10.1. The first kappa shape index (κ1) is 10.7. The van der Waals surface area contributed by atoms with Gasteiger partial charge in [0.25, 0.3) is 0 Å². The van der Waals surface area contributed by atoms with E-state index < -0.39 is 0 Å². The molecule has 0 bridgehead atoms. The van der Waals surface area contributed by atoms with Crippen LogP contribution in [0.4, 0.5) is 0 Å². The van der Waals surface area contributed by atoms with E-state index in [2.05, 4.69) is 0 Å². The van der Waals surface area contributed by atoms with E-state index >= 15 is 0 Å². The Morgan fingerprint density at radius 1 is 1.54 bits per heavy atom. The predicted octanol–water partition coefficient (Wildman–Crippen LogP) is 1.25. The maximum atomic E-state index is 11.2. The molecule has 0 radical (unpaired) electrons. The van der Waals surface area contributed by atoms with Crippen LogP contribution in [0.25, 0.3) is 0 Å². The van der Waals surface area contributed by atoms with Crippen molar-refractivity contribution in [3.05, 3.63) is 0 Å². The molecule has 2 atom stereocenters. The van der Waals surface area contributed by atoms with Crippen LogP contribution in [0, 0.1) is 0 Å². The Balaban J connectivity index is 1.86. The molecule has 1 saturated heterocycles. The second kappa shape index (κ2) is 5.35. The number of carbonyl (C=O) groups is 1. The number of carbonyl (C=O) groups excluding carboxylic acids is 1. The molecule has 0 aliphatic carbocycles. The van der Waals surface area contributed by atoms with E-state index in [-0.39, 0.29) is 11.9 Å². The first-order valence-corrected chi connectivity index (χ1v) is 5.10. The number of hydrogen-bond donors (Lipinski definition) is 1. The smallest absolute Gasteiger partial charge is 0.163 e. The highest BCUT2D eigenvalue weighted by Gasteiger charge is 2.29. The SMILES string of the molecule is CC(N)CCCCCC(=O)[C@@H]1CO1. The maximum Gasteiger partial charge on any atom is 0.163 e. The number of ketones is 1. The number of hydrogen-bond acceptors (Lipinski definition) is 3. The highest BCUT2D eigenvalue weighted by Crippen LogP contribution is 2.14. The van der Waals surface area contributed by atoms with E-state index in [4.69, 9.17) is 10.5 Å². The summed E-state index contributed by atoms with van der Waals surface area (Å²) in [7, 11) is 0. The molecule has 1 unspecified atom stereocenters. The highest BCUT2D eigenvalue weighted by molar-refractivity contribution is 5.84. The molecule has 0 aromatic rings. The zero-order chi connectivity index (χ0) is 9.68. The molecule has 13 heavy (non-hydrogen) atoms. The number of unbranched alkanes of at least 4 members (excludes halogenated alkanes) is 2. The summed E-state index contributed by atoms with van der Waals surface area (Å²) in [5.41, 5.74) is 5.61. The topological polar surface area (TPSA) is 55.6 Å². The van der Waals surface area contributed by atoms with Gasteiger partial charge in [-0.25, -0.2) is 0 Å². The fourth-order valence-electron chi connectivity index (χ4n) is 1.34. The van der Waals surface area contributed by atoms with Crippen molar-refractivity contribution in [2.24, 2.45) is 5.73 Å². The molecular formula is C10H19NO2. The van der Waals surface area contributed by atoms with Crippen LogP contribution in [0.2, 0.25) is 0 Å². The fourth-order valence-corrected chi connectivity index (χ4v) is 1.34. The van der Waals surface area contributed by atoms with Crippen LogP contribution in [0.5, 0.6) is 0 Å². The van der Waals surface area contributed by atoms with Crippen molar-refractivity contribution < 1.29 is 9.53 Å². The molecule has 0 aromatic carbocycles. The summed E-state index contributed by atoms with van der Waals surface area (Å²) in [6, 6.07) is 0.294. The highest BCUT2D eigenvalue weighted by atomic mass is 16.6. The fraction of sp³-hybridized carbons (Fsp3) is 0.900. The van der Waals surface area contributed by atoms with E-state index in [0.29, 0.717) is 19.1 Å². The lowest BCUT2D eigenvalue weighted by Crippen LogP contribution is -2.14. The maximum absolute atomic E-state index is 11.2. The van der Waals surface area contributed by atoms with Gasteiger partial charge in [0, 0.05) is 12.5 Å². The Bertz CT molecular complexity index is 164. The van der Waals surface area contributed by atoms with E-state index in [9.17, 15) is 4.79 Å². The molecule has 0 aromatic heterocycles. The second-order valence-electron chi connectivity index (χ2n) is 3.86. The molecule has 1 rings (SSSR count). The molecule has 1 fully saturated rings. The molecule has 1 aliphatic rings. The quantitative estimate of drug-likeness (QED) is 0.480. The van der Waals surface area contributed by atoms with Crippen molar-refractivity contribution in [2.45, 2.75) is 51.2 Å². The Hall–Kier alpha value is -0.410. The van der Waals surface area contributed by atoms with Gasteiger partial charge < -0.3 is 10.5 Å². The van der Waals surface area contributed by atoms with Crippen LogP contribution >= 0.6 is 0 Å². The van der Waals surface area contributed by atoms with Crippen molar-refractivity contribution in [2.75, 3.05) is 6.61 Å². The first-order chi connectivity index (χ1) is 6.20. The van der Waals surface area contributed by atoms with Crippen molar-refractivity contribution in [1.29, 1.82) is 0 Å². The third-order valence-electron chi connectivity index (χ3n) is 2.28. The van der Waals surface area contributed by atoms with Crippen molar-refractivity contribution in [3.63, 3.8) is 0 Å². The molecule has 0 spiro atoms. The molecule has 1 heterocycles. The molecule has 3 heteroatoms. The minimum absolute atomic E-state index is 0.0477. The van der Waals surface area contributed by atoms with E-state index in [1.54, 1.807) is 0 Å². The Kier molecular flexibility index (Phi) is 4.39. The van der Waals surface area contributed by atoms with Gasteiger partial charge in [-0.2, -0.15) is 0 Å². The number of rotatable bonds is 7. The van der Waals surface area contributed by atoms with Gasteiger partial charge in [-0.05, 0) is 19.8 Å². The van der Waals surface area contributed by atoms with Gasteiger partial charge in [0.15, 0.2) is 5.78 Å². The summed E-state index contributed by atoms with van der Waals surface area (Å²) in [5, 5.41) is 0. The molecular weight excluding hydrogens is 166 g/mol. The lowest BCUT2D eigenvalue weighted by Gasteiger charge is -2.03. The van der Waals surface area contributed by atoms with Crippen LogP contribution in [-0.2, 0) is 9.53 Å². The summed E-state index contributed by atoms with van der Waals surface area (Å²) < 4.78 is 4.90. The number of epoxide rings is 1. The molecule has 0 amide bonds. The average Bonchev–Trinajstić information content (AvgIpc) is 2.85. The van der Waals surface area contributed by atoms with Crippen molar-refractivity contribution >= 4 is 5.78 Å². The van der Waals surface area contributed by atoms with Crippen LogP contribution in [0.1, 0.15) is 39.0 Å². The van der Waals surface area contributed by atoms with Crippen molar-refractivity contribution in [3.8, 4) is 0 Å². The van der Waals surface area contributed by atoms with Crippen LogP contribution < -0.4 is 5.73 Å². The van der Waals surface area contributed by atoms with E-state index in [1.807, 2.05) is 6.92 Å². The van der Waals surface area contributed by atoms with Gasteiger partial charge in [0.1, 0.15) is 6.10 Å². The van der Waals surface area contributed by atoms with Gasteiger partial charge in [-0.3, -0.25) is 4.79 Å². The van der Waals surface area contributed by atoms with Crippen LogP contribution in [0.3, 0.4) is 0 Å². The lowest BCUT2D eigenvalue weighted by molar-refractivity contribution is -0.120. The number of Topliss-reactive ketones (excluding diaryl/α,β-unsaturated/α-hetero) is 1. The summed E-state index contributed by atoms with van der Waals surface area (Å²) in [4.78, 5) is 11.2.